The van der Waals surface area contributed by atoms with Crippen molar-refractivity contribution in [2.24, 2.45) is 0 Å². The maximum atomic E-state index is 13.0. The quantitative estimate of drug-likeness (QED) is 0.436. The third-order valence-corrected chi connectivity index (χ3v) is 5.37. The van der Waals surface area contributed by atoms with E-state index in [4.69, 9.17) is 0 Å². The third kappa shape index (κ3) is 3.46. The molecule has 0 spiro atoms. The fourth-order valence-electron chi connectivity index (χ4n) is 2.36. The van der Waals surface area contributed by atoms with E-state index in [1.807, 2.05) is 19.1 Å². The summed E-state index contributed by atoms with van der Waals surface area (Å²) in [6, 6.07) is 12.1. The second-order valence-corrected chi connectivity index (χ2v) is 6.92. The predicted octanol–water partition coefficient (Wildman–Crippen LogP) is 3.54. The zero-order chi connectivity index (χ0) is 17.7. The average Bonchev–Trinajstić information content (AvgIpc) is 2.59. The van der Waals surface area contributed by atoms with Crippen LogP contribution >= 0.6 is 0 Å². The highest BCUT2D eigenvalue weighted by Crippen LogP contribution is 2.28. The van der Waals surface area contributed by atoms with Crippen molar-refractivity contribution in [2.45, 2.75) is 18.2 Å². The molecular formula is C17H18N2O4S. The first kappa shape index (κ1) is 17.7. The number of anilines is 1. The molecule has 0 radical (unpaired) electrons. The Morgan fingerprint density at radius 3 is 2.33 bits per heavy atom. The minimum Gasteiger partial charge on any atom is -0.262 e. The standard InChI is InChI=1S/C17H18N2O4S/c1-3-13-18(17-8-6-5-7-14(17)4-2)24(22,23)16-11-9-15(10-12-16)19(20)21/h3,5-12H,1,4,13H2,2H3. The molecular weight excluding hydrogens is 328 g/mol. The van der Waals surface area contributed by atoms with Crippen molar-refractivity contribution >= 4 is 21.4 Å². The number of nitro benzene ring substituents is 1. The van der Waals surface area contributed by atoms with Gasteiger partial charge >= 0.3 is 0 Å². The Morgan fingerprint density at radius 1 is 1.17 bits per heavy atom. The highest BCUT2D eigenvalue weighted by atomic mass is 32.2. The van der Waals surface area contributed by atoms with Gasteiger partial charge in [0.05, 0.1) is 22.1 Å². The topological polar surface area (TPSA) is 80.5 Å². The Kier molecular flexibility index (Phi) is 5.35. The molecule has 126 valence electrons. The third-order valence-electron chi connectivity index (χ3n) is 3.57. The van der Waals surface area contributed by atoms with Crippen LogP contribution in [0, 0.1) is 10.1 Å². The Labute approximate surface area is 141 Å². The molecule has 2 aromatic carbocycles. The van der Waals surface area contributed by atoms with Gasteiger partial charge < -0.3 is 0 Å². The summed E-state index contributed by atoms with van der Waals surface area (Å²) in [6.07, 6.45) is 2.19. The normalized spacial score (nSPS) is 11.0. The lowest BCUT2D eigenvalue weighted by molar-refractivity contribution is -0.384. The van der Waals surface area contributed by atoms with Crippen LogP contribution in [0.25, 0.3) is 0 Å². The first-order valence-electron chi connectivity index (χ1n) is 7.37. The molecule has 0 atom stereocenters. The van der Waals surface area contributed by atoms with Crippen LogP contribution in [-0.4, -0.2) is 19.9 Å². The summed E-state index contributed by atoms with van der Waals surface area (Å²) in [6.45, 7) is 5.69. The number of hydrogen-bond donors (Lipinski definition) is 0. The van der Waals surface area contributed by atoms with Crippen LogP contribution in [0.4, 0.5) is 11.4 Å². The second kappa shape index (κ2) is 7.27. The molecule has 2 aromatic rings. The van der Waals surface area contributed by atoms with Crippen LogP contribution in [0.3, 0.4) is 0 Å². The van der Waals surface area contributed by atoms with Gasteiger partial charge in [0, 0.05) is 12.1 Å². The number of aryl methyl sites for hydroxylation is 1. The zero-order valence-electron chi connectivity index (χ0n) is 13.3. The molecule has 0 N–H and O–H groups in total. The highest BCUT2D eigenvalue weighted by molar-refractivity contribution is 7.92. The number of sulfonamides is 1. The van der Waals surface area contributed by atoms with E-state index in [-0.39, 0.29) is 17.1 Å². The summed E-state index contributed by atoms with van der Waals surface area (Å²) in [5.41, 5.74) is 1.32. The number of nitro groups is 1. The number of hydrogen-bond acceptors (Lipinski definition) is 4. The molecule has 0 unspecified atom stereocenters. The van der Waals surface area contributed by atoms with E-state index in [0.29, 0.717) is 12.1 Å². The molecule has 6 nitrogen and oxygen atoms in total. The number of nitrogens with zero attached hydrogens (tertiary/aromatic N) is 2. The minimum atomic E-state index is -3.85. The molecule has 2 rings (SSSR count). The molecule has 0 aliphatic carbocycles. The molecule has 0 aromatic heterocycles. The van der Waals surface area contributed by atoms with Crippen LogP contribution in [0.1, 0.15) is 12.5 Å². The fourth-order valence-corrected chi connectivity index (χ4v) is 3.84. The van der Waals surface area contributed by atoms with Gasteiger partial charge in [0.15, 0.2) is 0 Å². The molecule has 0 aliphatic rings. The van der Waals surface area contributed by atoms with E-state index >= 15 is 0 Å². The first-order valence-corrected chi connectivity index (χ1v) is 8.81. The van der Waals surface area contributed by atoms with Crippen molar-refractivity contribution in [1.29, 1.82) is 0 Å². The fraction of sp³-hybridized carbons (Fsp3) is 0.176. The van der Waals surface area contributed by atoms with Gasteiger partial charge in [-0.05, 0) is 30.2 Å². The van der Waals surface area contributed by atoms with Gasteiger partial charge in [-0.2, -0.15) is 0 Å². The van der Waals surface area contributed by atoms with Gasteiger partial charge in [-0.15, -0.1) is 6.58 Å². The van der Waals surface area contributed by atoms with Crippen LogP contribution in [-0.2, 0) is 16.4 Å². The maximum absolute atomic E-state index is 13.0. The molecule has 0 aliphatic heterocycles. The summed E-state index contributed by atoms with van der Waals surface area (Å²) in [5.74, 6) is 0. The van der Waals surface area contributed by atoms with Gasteiger partial charge in [0.25, 0.3) is 15.7 Å². The van der Waals surface area contributed by atoms with Crippen molar-refractivity contribution in [3.63, 3.8) is 0 Å². The van der Waals surface area contributed by atoms with E-state index in [9.17, 15) is 18.5 Å². The van der Waals surface area contributed by atoms with E-state index in [1.54, 1.807) is 12.1 Å². The molecule has 0 saturated heterocycles. The minimum absolute atomic E-state index is 0.000793. The largest absolute Gasteiger partial charge is 0.269 e. The number of non-ortho nitro benzene ring substituents is 1. The summed E-state index contributed by atoms with van der Waals surface area (Å²) in [4.78, 5) is 10.2. The zero-order valence-corrected chi connectivity index (χ0v) is 14.1. The van der Waals surface area contributed by atoms with Crippen molar-refractivity contribution in [1.82, 2.24) is 0 Å². The lowest BCUT2D eigenvalue weighted by atomic mass is 10.1. The molecule has 0 amide bonds. The maximum Gasteiger partial charge on any atom is 0.269 e. The predicted molar refractivity (Wildman–Crippen MR) is 93.6 cm³/mol. The van der Waals surface area contributed by atoms with E-state index in [2.05, 4.69) is 6.58 Å². The average molecular weight is 346 g/mol. The van der Waals surface area contributed by atoms with Gasteiger partial charge in [0.1, 0.15) is 0 Å². The molecule has 24 heavy (non-hydrogen) atoms. The molecule has 0 saturated carbocycles. The van der Waals surface area contributed by atoms with E-state index in [1.165, 1.54) is 34.6 Å². The van der Waals surface area contributed by atoms with E-state index < -0.39 is 14.9 Å². The van der Waals surface area contributed by atoms with E-state index in [0.717, 1.165) is 5.56 Å². The van der Waals surface area contributed by atoms with Crippen molar-refractivity contribution in [3.8, 4) is 0 Å². The molecule has 0 heterocycles. The number of benzene rings is 2. The Hall–Kier alpha value is -2.67. The van der Waals surface area contributed by atoms with Gasteiger partial charge in [-0.3, -0.25) is 14.4 Å². The lowest BCUT2D eigenvalue weighted by Gasteiger charge is -2.25. The monoisotopic (exact) mass is 346 g/mol. The Morgan fingerprint density at radius 2 is 1.79 bits per heavy atom. The smallest absolute Gasteiger partial charge is 0.262 e. The molecule has 7 heteroatoms. The molecule has 0 bridgehead atoms. The van der Waals surface area contributed by atoms with Crippen molar-refractivity contribution in [2.75, 3.05) is 10.8 Å². The highest BCUT2D eigenvalue weighted by Gasteiger charge is 2.26. The Bertz CT molecular complexity index is 845. The summed E-state index contributed by atoms with van der Waals surface area (Å²) >= 11 is 0. The van der Waals surface area contributed by atoms with Crippen molar-refractivity contribution in [3.05, 3.63) is 76.9 Å². The van der Waals surface area contributed by atoms with Crippen LogP contribution in [0.5, 0.6) is 0 Å². The summed E-state index contributed by atoms with van der Waals surface area (Å²) in [5, 5.41) is 10.7. The first-order chi connectivity index (χ1) is 11.4. The number of para-hydroxylation sites is 1. The van der Waals surface area contributed by atoms with Gasteiger partial charge in [0.2, 0.25) is 0 Å². The second-order valence-electron chi connectivity index (χ2n) is 5.06. The van der Waals surface area contributed by atoms with Gasteiger partial charge in [-0.25, -0.2) is 8.42 Å². The van der Waals surface area contributed by atoms with Crippen molar-refractivity contribution < 1.29 is 13.3 Å². The summed E-state index contributed by atoms with van der Waals surface area (Å²) < 4.78 is 27.2. The van der Waals surface area contributed by atoms with Crippen LogP contribution < -0.4 is 4.31 Å². The lowest BCUT2D eigenvalue weighted by Crippen LogP contribution is -2.32. The Balaban J connectivity index is 2.53. The number of rotatable bonds is 7. The molecule has 0 fully saturated rings. The van der Waals surface area contributed by atoms with Crippen LogP contribution in [0.15, 0.2) is 66.1 Å². The summed E-state index contributed by atoms with van der Waals surface area (Å²) in [7, 11) is -3.85. The van der Waals surface area contributed by atoms with Gasteiger partial charge in [-0.1, -0.05) is 31.2 Å². The van der Waals surface area contributed by atoms with Crippen LogP contribution in [0.2, 0.25) is 0 Å². The SMILES string of the molecule is C=CCN(c1ccccc1CC)S(=O)(=O)c1ccc([N+](=O)[O-])cc1.